The van der Waals surface area contributed by atoms with Crippen molar-refractivity contribution in [1.82, 2.24) is 10.2 Å². The molecule has 0 saturated heterocycles. The van der Waals surface area contributed by atoms with Crippen LogP contribution >= 0.6 is 38.9 Å². The number of rotatable bonds is 2. The fraction of sp³-hybridized carbons (Fsp3) is 0. The first-order valence-electron chi connectivity index (χ1n) is 3.86. The first-order valence-corrected chi connectivity index (χ1v) is 5.85. The van der Waals surface area contributed by atoms with E-state index in [-0.39, 0.29) is 5.82 Å². The molecular formula is C8H4BrClFN3S. The van der Waals surface area contributed by atoms with E-state index in [0.717, 1.165) is 0 Å². The molecule has 0 saturated carbocycles. The van der Waals surface area contributed by atoms with Gasteiger partial charge in [-0.15, -0.1) is 10.2 Å². The average Bonchev–Trinajstić information content (AvgIpc) is 2.56. The Morgan fingerprint density at radius 3 is 2.80 bits per heavy atom. The molecule has 1 aromatic carbocycles. The van der Waals surface area contributed by atoms with Crippen molar-refractivity contribution >= 4 is 49.7 Å². The van der Waals surface area contributed by atoms with E-state index in [2.05, 4.69) is 31.4 Å². The molecule has 78 valence electrons. The Kier molecular flexibility index (Phi) is 3.18. The minimum atomic E-state index is -0.371. The molecule has 0 fully saturated rings. The molecule has 0 unspecified atom stereocenters. The van der Waals surface area contributed by atoms with Crippen molar-refractivity contribution in [3.05, 3.63) is 33.0 Å². The number of hydrogen-bond donors (Lipinski definition) is 1. The number of aromatic nitrogens is 2. The van der Waals surface area contributed by atoms with Gasteiger partial charge in [0.05, 0.1) is 10.7 Å². The van der Waals surface area contributed by atoms with Crippen LogP contribution in [0.5, 0.6) is 0 Å². The van der Waals surface area contributed by atoms with Gasteiger partial charge >= 0.3 is 0 Å². The van der Waals surface area contributed by atoms with Crippen LogP contribution in [-0.4, -0.2) is 10.2 Å². The molecule has 0 aliphatic heterocycles. The first-order chi connectivity index (χ1) is 7.15. The minimum absolute atomic E-state index is 0.307. The lowest BCUT2D eigenvalue weighted by molar-refractivity contribution is 0.628. The molecule has 0 atom stereocenters. The highest BCUT2D eigenvalue weighted by Crippen LogP contribution is 2.28. The molecule has 0 amide bonds. The van der Waals surface area contributed by atoms with Gasteiger partial charge in [-0.2, -0.15) is 0 Å². The molecule has 2 rings (SSSR count). The van der Waals surface area contributed by atoms with Crippen molar-refractivity contribution in [1.29, 1.82) is 0 Å². The Morgan fingerprint density at radius 2 is 2.20 bits per heavy atom. The van der Waals surface area contributed by atoms with Gasteiger partial charge in [-0.05, 0) is 34.1 Å². The zero-order valence-corrected chi connectivity index (χ0v) is 10.3. The minimum Gasteiger partial charge on any atom is -0.329 e. The summed E-state index contributed by atoms with van der Waals surface area (Å²) in [5.41, 5.74) is 0.599. The lowest BCUT2D eigenvalue weighted by atomic mass is 10.3. The van der Waals surface area contributed by atoms with Crippen LogP contribution in [0, 0.1) is 5.82 Å². The molecule has 15 heavy (non-hydrogen) atoms. The van der Waals surface area contributed by atoms with Gasteiger partial charge in [0.25, 0.3) is 0 Å². The van der Waals surface area contributed by atoms with Crippen molar-refractivity contribution in [3.63, 3.8) is 0 Å². The Bertz CT molecular complexity index is 490. The molecule has 1 heterocycles. The SMILES string of the molecule is Fc1ccc(Nc2nnc(Br)s2)c(Cl)c1. The molecule has 7 heteroatoms. The summed E-state index contributed by atoms with van der Waals surface area (Å²) >= 11 is 10.3. The third kappa shape index (κ3) is 2.64. The summed E-state index contributed by atoms with van der Waals surface area (Å²) in [6, 6.07) is 4.11. The van der Waals surface area contributed by atoms with Gasteiger partial charge in [-0.1, -0.05) is 22.9 Å². The van der Waals surface area contributed by atoms with Gasteiger partial charge in [0, 0.05) is 0 Å². The van der Waals surface area contributed by atoms with E-state index in [1.807, 2.05) is 0 Å². The normalized spacial score (nSPS) is 10.3. The van der Waals surface area contributed by atoms with Crippen molar-refractivity contribution in [2.45, 2.75) is 0 Å². The first kappa shape index (κ1) is 10.8. The number of nitrogens with one attached hydrogen (secondary N) is 1. The van der Waals surface area contributed by atoms with E-state index in [1.54, 1.807) is 6.07 Å². The highest BCUT2D eigenvalue weighted by molar-refractivity contribution is 9.11. The number of benzene rings is 1. The van der Waals surface area contributed by atoms with Crippen molar-refractivity contribution in [2.75, 3.05) is 5.32 Å². The van der Waals surface area contributed by atoms with Crippen LogP contribution in [0.15, 0.2) is 22.1 Å². The van der Waals surface area contributed by atoms with Crippen LogP contribution in [0.2, 0.25) is 5.02 Å². The summed E-state index contributed by atoms with van der Waals surface area (Å²) in [7, 11) is 0. The zero-order valence-electron chi connectivity index (χ0n) is 7.17. The van der Waals surface area contributed by atoms with Gasteiger partial charge in [-0.25, -0.2) is 4.39 Å². The van der Waals surface area contributed by atoms with Gasteiger partial charge < -0.3 is 5.32 Å². The molecule has 0 spiro atoms. The fourth-order valence-electron chi connectivity index (χ4n) is 0.962. The van der Waals surface area contributed by atoms with Crippen LogP contribution in [0.4, 0.5) is 15.2 Å². The number of halogens is 3. The van der Waals surface area contributed by atoms with Crippen LogP contribution < -0.4 is 5.32 Å². The summed E-state index contributed by atoms with van der Waals surface area (Å²) in [4.78, 5) is 0. The molecule has 0 aliphatic carbocycles. The van der Waals surface area contributed by atoms with Crippen LogP contribution in [0.25, 0.3) is 0 Å². The Balaban J connectivity index is 2.24. The number of nitrogens with zero attached hydrogens (tertiary/aromatic N) is 2. The van der Waals surface area contributed by atoms with E-state index in [9.17, 15) is 4.39 Å². The predicted molar refractivity (Wildman–Crippen MR) is 62.3 cm³/mol. The van der Waals surface area contributed by atoms with Crippen LogP contribution in [0.1, 0.15) is 0 Å². The van der Waals surface area contributed by atoms with Gasteiger partial charge in [0.1, 0.15) is 5.82 Å². The van der Waals surface area contributed by atoms with Crippen LogP contribution in [-0.2, 0) is 0 Å². The second kappa shape index (κ2) is 4.42. The maximum atomic E-state index is 12.7. The molecule has 2 aromatic rings. The third-order valence-electron chi connectivity index (χ3n) is 1.57. The van der Waals surface area contributed by atoms with E-state index in [0.29, 0.717) is 19.8 Å². The summed E-state index contributed by atoms with van der Waals surface area (Å²) in [5.74, 6) is -0.371. The van der Waals surface area contributed by atoms with E-state index in [1.165, 1.54) is 23.5 Å². The summed E-state index contributed by atoms with van der Waals surface area (Å²) in [6.45, 7) is 0. The monoisotopic (exact) mass is 307 g/mol. The average molecular weight is 309 g/mol. The van der Waals surface area contributed by atoms with E-state index < -0.39 is 0 Å². The highest BCUT2D eigenvalue weighted by Gasteiger charge is 2.05. The molecule has 1 N–H and O–H groups in total. The maximum Gasteiger partial charge on any atom is 0.210 e. The Labute approximate surface area is 102 Å². The topological polar surface area (TPSA) is 37.8 Å². The summed E-state index contributed by atoms with van der Waals surface area (Å²) < 4.78 is 13.4. The number of anilines is 2. The quantitative estimate of drug-likeness (QED) is 0.916. The van der Waals surface area contributed by atoms with Crippen molar-refractivity contribution in [2.24, 2.45) is 0 Å². The highest BCUT2D eigenvalue weighted by atomic mass is 79.9. The lowest BCUT2D eigenvalue weighted by Gasteiger charge is -2.03. The summed E-state index contributed by atoms with van der Waals surface area (Å²) in [6.07, 6.45) is 0. The summed E-state index contributed by atoms with van der Waals surface area (Å²) in [5, 5.41) is 11.4. The van der Waals surface area contributed by atoms with Gasteiger partial charge in [0.2, 0.25) is 5.13 Å². The molecule has 0 radical (unpaired) electrons. The molecule has 1 aromatic heterocycles. The molecule has 3 nitrogen and oxygen atoms in total. The largest absolute Gasteiger partial charge is 0.329 e. The predicted octanol–water partition coefficient (Wildman–Crippen LogP) is 3.84. The molecule has 0 bridgehead atoms. The maximum absolute atomic E-state index is 12.7. The lowest BCUT2D eigenvalue weighted by Crippen LogP contribution is -1.91. The second-order valence-corrected chi connectivity index (χ2v) is 5.27. The van der Waals surface area contributed by atoms with E-state index in [4.69, 9.17) is 11.6 Å². The Morgan fingerprint density at radius 1 is 1.40 bits per heavy atom. The smallest absolute Gasteiger partial charge is 0.210 e. The van der Waals surface area contributed by atoms with Crippen LogP contribution in [0.3, 0.4) is 0 Å². The molecule has 0 aliphatic rings. The third-order valence-corrected chi connectivity index (χ3v) is 3.16. The van der Waals surface area contributed by atoms with Gasteiger partial charge in [0.15, 0.2) is 3.92 Å². The van der Waals surface area contributed by atoms with Crippen molar-refractivity contribution < 1.29 is 4.39 Å². The van der Waals surface area contributed by atoms with E-state index >= 15 is 0 Å². The number of hydrogen-bond acceptors (Lipinski definition) is 4. The second-order valence-electron chi connectivity index (χ2n) is 2.61. The standard InChI is InChI=1S/C8H4BrClFN3S/c9-7-13-14-8(15-7)12-6-2-1-4(11)3-5(6)10/h1-3H,(H,12,14). The fourth-order valence-corrected chi connectivity index (χ4v) is 2.20. The van der Waals surface area contributed by atoms with Gasteiger partial charge in [-0.3, -0.25) is 0 Å². The van der Waals surface area contributed by atoms with Crippen molar-refractivity contribution in [3.8, 4) is 0 Å². The molecular weight excluding hydrogens is 305 g/mol. The Hall–Kier alpha value is -0.720. The zero-order chi connectivity index (χ0) is 10.8.